The molecule has 0 radical (unpaired) electrons. The Morgan fingerprint density at radius 1 is 1.43 bits per heavy atom. The quantitative estimate of drug-likeness (QED) is 0.765. The van der Waals surface area contributed by atoms with Crippen LogP contribution in [-0.2, 0) is 11.3 Å². The van der Waals surface area contributed by atoms with E-state index in [-0.39, 0.29) is 11.8 Å². The minimum Gasteiger partial charge on any atom is -0.378 e. The molecule has 3 rings (SSSR count). The van der Waals surface area contributed by atoms with Gasteiger partial charge < -0.3 is 4.74 Å². The number of carbonyl (C=O) groups excluding carboxylic acids is 1. The number of carbonyl (C=O) groups is 1. The second kappa shape index (κ2) is 6.98. The Balaban J connectivity index is 1.57. The molecule has 2 aromatic heterocycles. The van der Waals surface area contributed by atoms with Crippen molar-refractivity contribution in [3.8, 4) is 0 Å². The zero-order chi connectivity index (χ0) is 14.5. The van der Waals surface area contributed by atoms with Gasteiger partial charge in [-0.05, 0) is 17.5 Å². The summed E-state index contributed by atoms with van der Waals surface area (Å²) < 4.78 is 7.48. The second-order valence-corrected chi connectivity index (χ2v) is 6.09. The standard InChI is InChI=1S/C15H19N3O2S/c19-14(15-3-1-10-21-15)11-13-12-20-9-8-17(13)6-7-18-5-2-4-16-18/h1-5,10,13H,6-9,11-12H2/t13-/m1/s1. The van der Waals surface area contributed by atoms with Gasteiger partial charge in [0.15, 0.2) is 5.78 Å². The van der Waals surface area contributed by atoms with E-state index >= 15 is 0 Å². The Bertz CT molecular complexity index is 554. The van der Waals surface area contributed by atoms with E-state index in [1.54, 1.807) is 6.20 Å². The van der Waals surface area contributed by atoms with E-state index in [1.807, 2.05) is 34.5 Å². The fourth-order valence-corrected chi connectivity index (χ4v) is 3.26. The summed E-state index contributed by atoms with van der Waals surface area (Å²) in [5.41, 5.74) is 0. The highest BCUT2D eigenvalue weighted by Crippen LogP contribution is 2.17. The molecule has 1 aliphatic heterocycles. The third-order valence-electron chi connectivity index (χ3n) is 3.74. The number of morpholine rings is 1. The van der Waals surface area contributed by atoms with E-state index in [0.29, 0.717) is 13.0 Å². The lowest BCUT2D eigenvalue weighted by molar-refractivity contribution is -0.0102. The maximum atomic E-state index is 12.3. The van der Waals surface area contributed by atoms with Crippen LogP contribution in [0.15, 0.2) is 36.0 Å². The van der Waals surface area contributed by atoms with Gasteiger partial charge in [0.05, 0.1) is 24.6 Å². The van der Waals surface area contributed by atoms with Crippen LogP contribution >= 0.6 is 11.3 Å². The van der Waals surface area contributed by atoms with Crippen molar-refractivity contribution in [3.05, 3.63) is 40.8 Å². The average molecular weight is 305 g/mol. The zero-order valence-electron chi connectivity index (χ0n) is 11.9. The molecule has 5 nitrogen and oxygen atoms in total. The normalized spacial score (nSPS) is 19.7. The van der Waals surface area contributed by atoms with Gasteiger partial charge in [0.25, 0.3) is 0 Å². The van der Waals surface area contributed by atoms with Crippen LogP contribution in [0.3, 0.4) is 0 Å². The van der Waals surface area contributed by atoms with Gasteiger partial charge in [-0.25, -0.2) is 0 Å². The lowest BCUT2D eigenvalue weighted by Gasteiger charge is -2.35. The number of thiophene rings is 1. The third kappa shape index (κ3) is 3.78. The molecule has 0 amide bonds. The Morgan fingerprint density at radius 3 is 3.14 bits per heavy atom. The molecule has 0 aromatic carbocycles. The molecule has 3 heterocycles. The van der Waals surface area contributed by atoms with E-state index in [0.717, 1.165) is 31.1 Å². The van der Waals surface area contributed by atoms with Gasteiger partial charge in [-0.3, -0.25) is 14.4 Å². The maximum Gasteiger partial charge on any atom is 0.174 e. The van der Waals surface area contributed by atoms with Crippen molar-refractivity contribution in [2.75, 3.05) is 26.3 Å². The Kier molecular flexibility index (Phi) is 4.80. The Hall–Kier alpha value is -1.50. The van der Waals surface area contributed by atoms with E-state index in [9.17, 15) is 4.79 Å². The topological polar surface area (TPSA) is 47.4 Å². The zero-order valence-corrected chi connectivity index (χ0v) is 12.7. The fourth-order valence-electron chi connectivity index (χ4n) is 2.59. The molecule has 0 aliphatic carbocycles. The summed E-state index contributed by atoms with van der Waals surface area (Å²) in [5, 5.41) is 6.17. The molecule has 0 unspecified atom stereocenters. The van der Waals surface area contributed by atoms with Gasteiger partial charge in [-0.15, -0.1) is 11.3 Å². The van der Waals surface area contributed by atoms with Crippen molar-refractivity contribution in [2.45, 2.75) is 19.0 Å². The van der Waals surface area contributed by atoms with Crippen molar-refractivity contribution >= 4 is 17.1 Å². The second-order valence-electron chi connectivity index (χ2n) is 5.14. The predicted octanol–water partition coefficient (Wildman–Crippen LogP) is 1.92. The minimum atomic E-state index is 0.170. The SMILES string of the molecule is O=C(C[C@@H]1COCCN1CCn1cccn1)c1cccs1. The summed E-state index contributed by atoms with van der Waals surface area (Å²) in [7, 11) is 0. The van der Waals surface area contributed by atoms with Crippen molar-refractivity contribution in [1.29, 1.82) is 0 Å². The minimum absolute atomic E-state index is 0.170. The van der Waals surface area contributed by atoms with Crippen LogP contribution in [0.25, 0.3) is 0 Å². The number of ether oxygens (including phenoxy) is 1. The highest BCUT2D eigenvalue weighted by atomic mass is 32.1. The van der Waals surface area contributed by atoms with Crippen LogP contribution in [0.2, 0.25) is 0 Å². The van der Waals surface area contributed by atoms with Crippen LogP contribution in [0.1, 0.15) is 16.1 Å². The van der Waals surface area contributed by atoms with Crippen LogP contribution in [-0.4, -0.2) is 52.8 Å². The molecule has 0 N–H and O–H groups in total. The van der Waals surface area contributed by atoms with Crippen LogP contribution in [0.4, 0.5) is 0 Å². The van der Waals surface area contributed by atoms with Crippen molar-refractivity contribution in [3.63, 3.8) is 0 Å². The summed E-state index contributed by atoms with van der Waals surface area (Å²) in [6.07, 6.45) is 4.28. The lowest BCUT2D eigenvalue weighted by Crippen LogP contribution is -2.47. The van der Waals surface area contributed by atoms with Gasteiger partial charge in [0, 0.05) is 37.9 Å². The molecule has 0 saturated carbocycles. The lowest BCUT2D eigenvalue weighted by atomic mass is 10.1. The Morgan fingerprint density at radius 2 is 2.38 bits per heavy atom. The number of hydrogen-bond donors (Lipinski definition) is 0. The number of hydrogen-bond acceptors (Lipinski definition) is 5. The van der Waals surface area contributed by atoms with Crippen molar-refractivity contribution < 1.29 is 9.53 Å². The molecule has 1 fully saturated rings. The first kappa shape index (κ1) is 14.4. The molecule has 21 heavy (non-hydrogen) atoms. The van der Waals surface area contributed by atoms with Crippen LogP contribution < -0.4 is 0 Å². The number of rotatable bonds is 6. The molecular formula is C15H19N3O2S. The van der Waals surface area contributed by atoms with Crippen LogP contribution in [0.5, 0.6) is 0 Å². The third-order valence-corrected chi connectivity index (χ3v) is 4.65. The summed E-state index contributed by atoms with van der Waals surface area (Å²) in [6, 6.07) is 5.91. The van der Waals surface area contributed by atoms with Gasteiger partial charge in [0.1, 0.15) is 0 Å². The maximum absolute atomic E-state index is 12.3. The molecule has 1 aliphatic rings. The van der Waals surface area contributed by atoms with Gasteiger partial charge in [-0.2, -0.15) is 5.10 Å². The summed E-state index contributed by atoms with van der Waals surface area (Å²) >= 11 is 1.51. The molecule has 1 saturated heterocycles. The van der Waals surface area contributed by atoms with Crippen LogP contribution in [0, 0.1) is 0 Å². The molecular weight excluding hydrogens is 286 g/mol. The monoisotopic (exact) mass is 305 g/mol. The largest absolute Gasteiger partial charge is 0.378 e. The molecule has 1 atom stereocenters. The van der Waals surface area contributed by atoms with E-state index < -0.39 is 0 Å². The predicted molar refractivity (Wildman–Crippen MR) is 81.7 cm³/mol. The molecule has 2 aromatic rings. The number of aromatic nitrogens is 2. The molecule has 0 bridgehead atoms. The summed E-state index contributed by atoms with van der Waals surface area (Å²) in [4.78, 5) is 15.4. The number of ketones is 1. The first-order chi connectivity index (χ1) is 10.3. The van der Waals surface area contributed by atoms with Gasteiger partial charge in [-0.1, -0.05) is 6.07 Å². The summed E-state index contributed by atoms with van der Waals surface area (Å²) in [6.45, 7) is 3.99. The number of Topliss-reactive ketones (excluding diaryl/α,β-unsaturated/α-hetero) is 1. The molecule has 6 heteroatoms. The number of nitrogens with zero attached hydrogens (tertiary/aromatic N) is 3. The Labute approximate surface area is 128 Å². The molecule has 0 spiro atoms. The highest BCUT2D eigenvalue weighted by molar-refractivity contribution is 7.12. The molecule has 112 valence electrons. The van der Waals surface area contributed by atoms with E-state index in [4.69, 9.17) is 4.74 Å². The first-order valence-corrected chi connectivity index (χ1v) is 8.07. The first-order valence-electron chi connectivity index (χ1n) is 7.19. The van der Waals surface area contributed by atoms with Crippen molar-refractivity contribution in [1.82, 2.24) is 14.7 Å². The van der Waals surface area contributed by atoms with Gasteiger partial charge >= 0.3 is 0 Å². The summed E-state index contributed by atoms with van der Waals surface area (Å²) in [5.74, 6) is 0.213. The van der Waals surface area contributed by atoms with E-state index in [2.05, 4.69) is 10.00 Å². The smallest absolute Gasteiger partial charge is 0.174 e. The highest BCUT2D eigenvalue weighted by Gasteiger charge is 2.25. The van der Waals surface area contributed by atoms with E-state index in [1.165, 1.54) is 11.3 Å². The van der Waals surface area contributed by atoms with Crippen molar-refractivity contribution in [2.24, 2.45) is 0 Å². The fraction of sp³-hybridized carbons (Fsp3) is 0.467. The average Bonchev–Trinajstić information content (AvgIpc) is 3.20. The van der Waals surface area contributed by atoms with Gasteiger partial charge in [0.2, 0.25) is 0 Å².